The summed E-state index contributed by atoms with van der Waals surface area (Å²) in [5.41, 5.74) is 1.81. The standard InChI is InChI=1S/C28H25F3N4O2/c1-17(2)37-27-33-25(19-9-6-10-20(15-19)28(29,30)31)35(34-27)22-13-11-21(12-14-22)32-26(36)24-16-23(24)18-7-4-3-5-8-18/h3-15,17,23-24H,16H2,1-2H3,(H,32,36)/t23-,24?/m0/s1. The van der Waals surface area contributed by atoms with Gasteiger partial charge in [0.15, 0.2) is 5.82 Å². The van der Waals surface area contributed by atoms with Crippen LogP contribution >= 0.6 is 0 Å². The molecule has 6 nitrogen and oxygen atoms in total. The molecule has 190 valence electrons. The van der Waals surface area contributed by atoms with Crippen LogP contribution in [-0.4, -0.2) is 26.8 Å². The Hall–Kier alpha value is -4.14. The van der Waals surface area contributed by atoms with Crippen LogP contribution in [0.3, 0.4) is 0 Å². The fourth-order valence-corrected chi connectivity index (χ4v) is 4.23. The average Bonchev–Trinajstić information content (AvgIpc) is 3.58. The van der Waals surface area contributed by atoms with Crippen molar-refractivity contribution in [3.05, 3.63) is 90.0 Å². The van der Waals surface area contributed by atoms with E-state index < -0.39 is 11.7 Å². The first-order valence-electron chi connectivity index (χ1n) is 12.0. The van der Waals surface area contributed by atoms with Gasteiger partial charge in [0.2, 0.25) is 5.91 Å². The first kappa shape index (κ1) is 24.5. The minimum atomic E-state index is -4.49. The van der Waals surface area contributed by atoms with E-state index in [0.717, 1.165) is 24.1 Å². The number of amides is 1. The number of halogens is 3. The normalized spacial score (nSPS) is 17.0. The highest BCUT2D eigenvalue weighted by Gasteiger charge is 2.43. The molecular weight excluding hydrogens is 481 g/mol. The van der Waals surface area contributed by atoms with E-state index in [1.54, 1.807) is 30.3 Å². The van der Waals surface area contributed by atoms with Crippen LogP contribution < -0.4 is 10.1 Å². The Morgan fingerprint density at radius 2 is 1.76 bits per heavy atom. The number of carbonyl (C=O) groups excluding carboxylic acids is 1. The number of aromatic nitrogens is 3. The minimum Gasteiger partial charge on any atom is -0.460 e. The van der Waals surface area contributed by atoms with Crippen molar-refractivity contribution in [3.63, 3.8) is 0 Å². The molecule has 1 aliphatic carbocycles. The number of anilines is 1. The number of ether oxygens (including phenoxy) is 1. The van der Waals surface area contributed by atoms with Gasteiger partial charge in [-0.3, -0.25) is 4.79 Å². The Morgan fingerprint density at radius 3 is 2.43 bits per heavy atom. The van der Waals surface area contributed by atoms with Crippen LogP contribution in [0.2, 0.25) is 0 Å². The van der Waals surface area contributed by atoms with Crippen molar-refractivity contribution >= 4 is 11.6 Å². The van der Waals surface area contributed by atoms with E-state index in [4.69, 9.17) is 4.74 Å². The smallest absolute Gasteiger partial charge is 0.416 e. The molecule has 1 N–H and O–H groups in total. The molecule has 0 bridgehead atoms. The van der Waals surface area contributed by atoms with Gasteiger partial charge in [0.25, 0.3) is 0 Å². The van der Waals surface area contributed by atoms with Crippen molar-refractivity contribution in [1.29, 1.82) is 0 Å². The lowest BCUT2D eigenvalue weighted by Gasteiger charge is -2.10. The van der Waals surface area contributed by atoms with Crippen LogP contribution in [0.1, 0.15) is 37.3 Å². The zero-order valence-electron chi connectivity index (χ0n) is 20.2. The number of alkyl halides is 3. The van der Waals surface area contributed by atoms with Crippen LogP contribution in [0.25, 0.3) is 17.1 Å². The van der Waals surface area contributed by atoms with Crippen molar-refractivity contribution in [1.82, 2.24) is 14.8 Å². The lowest BCUT2D eigenvalue weighted by molar-refractivity contribution is -0.137. The summed E-state index contributed by atoms with van der Waals surface area (Å²) in [4.78, 5) is 17.1. The molecule has 0 spiro atoms. The fourth-order valence-electron chi connectivity index (χ4n) is 4.23. The second-order valence-corrected chi connectivity index (χ2v) is 9.27. The highest BCUT2D eigenvalue weighted by molar-refractivity contribution is 5.95. The van der Waals surface area contributed by atoms with E-state index in [0.29, 0.717) is 11.4 Å². The SMILES string of the molecule is CC(C)Oc1nc(-c2cccc(C(F)(F)F)c2)n(-c2ccc(NC(=O)C3C[C@H]3c3ccccc3)cc2)n1. The van der Waals surface area contributed by atoms with Crippen LogP contribution in [0, 0.1) is 5.92 Å². The topological polar surface area (TPSA) is 69.0 Å². The van der Waals surface area contributed by atoms with Gasteiger partial charge in [0.1, 0.15) is 0 Å². The van der Waals surface area contributed by atoms with E-state index in [1.807, 2.05) is 44.2 Å². The van der Waals surface area contributed by atoms with Gasteiger partial charge < -0.3 is 10.1 Å². The van der Waals surface area contributed by atoms with E-state index in [2.05, 4.69) is 15.4 Å². The summed E-state index contributed by atoms with van der Waals surface area (Å²) in [6.45, 7) is 3.62. The Bertz CT molecular complexity index is 1400. The van der Waals surface area contributed by atoms with E-state index in [9.17, 15) is 18.0 Å². The predicted molar refractivity (Wildman–Crippen MR) is 133 cm³/mol. The van der Waals surface area contributed by atoms with E-state index >= 15 is 0 Å². The molecule has 1 aromatic heterocycles. The van der Waals surface area contributed by atoms with Gasteiger partial charge in [0.05, 0.1) is 17.4 Å². The Morgan fingerprint density at radius 1 is 1.03 bits per heavy atom. The Labute approximate surface area is 212 Å². The summed E-state index contributed by atoms with van der Waals surface area (Å²) in [5, 5.41) is 7.33. The van der Waals surface area contributed by atoms with Gasteiger partial charge in [-0.25, -0.2) is 4.68 Å². The fraction of sp³-hybridized carbons (Fsp3) is 0.250. The molecule has 1 unspecified atom stereocenters. The zero-order valence-corrected chi connectivity index (χ0v) is 20.2. The van der Waals surface area contributed by atoms with E-state index in [1.165, 1.54) is 10.7 Å². The molecule has 1 amide bonds. The van der Waals surface area contributed by atoms with Gasteiger partial charge in [0, 0.05) is 17.2 Å². The third kappa shape index (κ3) is 5.50. The molecule has 4 aromatic rings. The van der Waals surface area contributed by atoms with Crippen LogP contribution in [0.5, 0.6) is 6.01 Å². The van der Waals surface area contributed by atoms with Crippen molar-refractivity contribution in [2.75, 3.05) is 5.32 Å². The molecule has 1 saturated carbocycles. The third-order valence-corrected chi connectivity index (χ3v) is 6.11. The summed E-state index contributed by atoms with van der Waals surface area (Å²) in [5.74, 6) is 0.326. The van der Waals surface area contributed by atoms with Crippen LogP contribution in [-0.2, 0) is 11.0 Å². The zero-order chi connectivity index (χ0) is 26.2. The molecular formula is C28H25F3N4O2. The number of rotatable bonds is 7. The number of carbonyl (C=O) groups is 1. The second-order valence-electron chi connectivity index (χ2n) is 9.27. The molecule has 37 heavy (non-hydrogen) atoms. The summed E-state index contributed by atoms with van der Waals surface area (Å²) < 4.78 is 47.0. The monoisotopic (exact) mass is 506 g/mol. The first-order chi connectivity index (χ1) is 17.7. The minimum absolute atomic E-state index is 0.0420. The van der Waals surface area contributed by atoms with Crippen molar-refractivity contribution in [2.24, 2.45) is 5.92 Å². The number of nitrogens with one attached hydrogen (secondary N) is 1. The lowest BCUT2D eigenvalue weighted by Crippen LogP contribution is -2.14. The Kier molecular flexibility index (Phi) is 6.45. The summed E-state index contributed by atoms with van der Waals surface area (Å²) in [7, 11) is 0. The number of nitrogens with zero attached hydrogens (tertiary/aromatic N) is 3. The molecule has 5 rings (SSSR count). The lowest BCUT2D eigenvalue weighted by atomic mass is 10.1. The largest absolute Gasteiger partial charge is 0.460 e. The molecule has 1 aliphatic rings. The molecule has 0 aliphatic heterocycles. The average molecular weight is 507 g/mol. The molecule has 0 radical (unpaired) electrons. The molecule has 1 heterocycles. The molecule has 0 saturated heterocycles. The molecule has 1 fully saturated rings. The number of hydrogen-bond acceptors (Lipinski definition) is 4. The van der Waals surface area contributed by atoms with Crippen molar-refractivity contribution in [2.45, 2.75) is 38.5 Å². The molecule has 3 aromatic carbocycles. The maximum Gasteiger partial charge on any atom is 0.416 e. The maximum absolute atomic E-state index is 13.3. The highest BCUT2D eigenvalue weighted by Crippen LogP contribution is 2.47. The number of hydrogen-bond donors (Lipinski definition) is 1. The second kappa shape index (κ2) is 9.72. The number of benzene rings is 3. The quantitative estimate of drug-likeness (QED) is 0.311. The predicted octanol–water partition coefficient (Wildman–Crippen LogP) is 6.48. The molecule has 9 heteroatoms. The van der Waals surface area contributed by atoms with Gasteiger partial charge in [-0.05, 0) is 68.1 Å². The molecule has 2 atom stereocenters. The Balaban J connectivity index is 1.38. The first-order valence-corrected chi connectivity index (χ1v) is 12.0. The van der Waals surface area contributed by atoms with Crippen LogP contribution in [0.4, 0.5) is 18.9 Å². The summed E-state index contributed by atoms with van der Waals surface area (Å²) in [6.07, 6.45) is -3.89. The summed E-state index contributed by atoms with van der Waals surface area (Å²) >= 11 is 0. The van der Waals surface area contributed by atoms with Crippen molar-refractivity contribution < 1.29 is 22.7 Å². The van der Waals surface area contributed by atoms with E-state index in [-0.39, 0.29) is 41.2 Å². The van der Waals surface area contributed by atoms with Crippen LogP contribution in [0.15, 0.2) is 78.9 Å². The van der Waals surface area contributed by atoms with Gasteiger partial charge >= 0.3 is 12.2 Å². The van der Waals surface area contributed by atoms with Gasteiger partial charge in [-0.15, -0.1) is 5.10 Å². The van der Waals surface area contributed by atoms with Gasteiger partial charge in [-0.2, -0.15) is 18.2 Å². The third-order valence-electron chi connectivity index (χ3n) is 6.11. The summed E-state index contributed by atoms with van der Waals surface area (Å²) in [6, 6.07) is 21.8. The maximum atomic E-state index is 13.3. The van der Waals surface area contributed by atoms with Gasteiger partial charge in [-0.1, -0.05) is 42.5 Å². The highest BCUT2D eigenvalue weighted by atomic mass is 19.4. The van der Waals surface area contributed by atoms with Crippen molar-refractivity contribution in [3.8, 4) is 23.1 Å².